The molecule has 0 amide bonds. The van der Waals surface area contributed by atoms with Gasteiger partial charge in [0.05, 0.1) is 0 Å². The maximum Gasteiger partial charge on any atom is 0.487 e. The summed E-state index contributed by atoms with van der Waals surface area (Å²) >= 11 is 9.87. The summed E-state index contributed by atoms with van der Waals surface area (Å²) in [4.78, 5) is 0. The van der Waals surface area contributed by atoms with Crippen molar-refractivity contribution in [1.82, 2.24) is 5.32 Å². The van der Waals surface area contributed by atoms with E-state index in [1.807, 2.05) is 30.3 Å². The molecule has 0 aromatic heterocycles. The van der Waals surface area contributed by atoms with Gasteiger partial charge in [-0.2, -0.15) is 0 Å². The second-order valence-corrected chi connectivity index (χ2v) is 5.54. The van der Waals surface area contributed by atoms with Crippen molar-refractivity contribution < 1.29 is 13.5 Å². The van der Waals surface area contributed by atoms with Crippen LogP contribution in [0.2, 0.25) is 0 Å². The highest BCUT2D eigenvalue weighted by molar-refractivity contribution is 7.80. The van der Waals surface area contributed by atoms with Crippen molar-refractivity contribution in [2.24, 2.45) is 0 Å². The Bertz CT molecular complexity index is 633. The van der Waals surface area contributed by atoms with E-state index >= 15 is 0 Å². The molecule has 7 heteroatoms. The van der Waals surface area contributed by atoms with E-state index in [9.17, 15) is 8.78 Å². The highest BCUT2D eigenvalue weighted by Crippen LogP contribution is 2.25. The first kappa shape index (κ1) is 17.4. The van der Waals surface area contributed by atoms with Gasteiger partial charge in [0.15, 0.2) is 5.11 Å². The maximum atomic E-state index is 12.5. The van der Waals surface area contributed by atoms with Crippen molar-refractivity contribution in [2.45, 2.75) is 12.0 Å². The predicted molar refractivity (Wildman–Crippen MR) is 92.2 cm³/mol. The van der Waals surface area contributed by atoms with E-state index in [-0.39, 0.29) is 5.75 Å². The van der Waals surface area contributed by atoms with E-state index in [1.165, 1.54) is 17.7 Å². The highest BCUT2D eigenvalue weighted by atomic mass is 35.5. The summed E-state index contributed by atoms with van der Waals surface area (Å²) in [6.45, 7) is 0.690. The lowest BCUT2D eigenvalue weighted by Crippen LogP contribution is -2.30. The van der Waals surface area contributed by atoms with Crippen molar-refractivity contribution in [3.8, 4) is 5.75 Å². The number of alkyl halides is 3. The number of nitrogens with one attached hydrogen (secondary N) is 2. The van der Waals surface area contributed by atoms with Crippen LogP contribution in [0.4, 0.5) is 14.5 Å². The molecular formula is C16H15ClF2N2OS. The number of anilines is 1. The molecule has 0 spiro atoms. The number of hydrogen-bond donors (Lipinski definition) is 2. The van der Waals surface area contributed by atoms with Gasteiger partial charge in [0.2, 0.25) is 0 Å². The molecular weight excluding hydrogens is 342 g/mol. The van der Waals surface area contributed by atoms with Gasteiger partial charge < -0.3 is 15.4 Å². The van der Waals surface area contributed by atoms with Crippen molar-refractivity contribution in [3.63, 3.8) is 0 Å². The smallest absolute Gasteiger partial charge is 0.420 e. The number of hydrogen-bond acceptors (Lipinski definition) is 2. The Labute approximate surface area is 143 Å². The van der Waals surface area contributed by atoms with Crippen molar-refractivity contribution in [3.05, 3.63) is 60.2 Å². The summed E-state index contributed by atoms with van der Waals surface area (Å²) in [6.07, 6.45) is 0.847. The largest absolute Gasteiger partial charge is 0.487 e. The third kappa shape index (κ3) is 6.80. The first-order valence-electron chi connectivity index (χ1n) is 6.87. The standard InChI is InChI=1S/C16H15ClF2N2OS/c17-16(18,19)22-14-8-6-13(7-9-14)21-15(23)20-11-10-12-4-2-1-3-5-12/h1-9H,10-11H2,(H2,20,21,23). The molecule has 3 nitrogen and oxygen atoms in total. The molecule has 0 saturated heterocycles. The monoisotopic (exact) mass is 356 g/mol. The number of ether oxygens (including phenoxy) is 1. The zero-order valence-electron chi connectivity index (χ0n) is 12.1. The van der Waals surface area contributed by atoms with Gasteiger partial charge in [0, 0.05) is 23.8 Å². The van der Waals surface area contributed by atoms with Gasteiger partial charge >= 0.3 is 5.57 Å². The second-order valence-electron chi connectivity index (χ2n) is 4.69. The van der Waals surface area contributed by atoms with Gasteiger partial charge in [-0.25, -0.2) is 0 Å². The average Bonchev–Trinajstić information content (AvgIpc) is 2.49. The molecule has 2 N–H and O–H groups in total. The fourth-order valence-corrected chi connectivity index (χ4v) is 2.19. The van der Waals surface area contributed by atoms with E-state index in [0.29, 0.717) is 17.3 Å². The molecule has 0 aliphatic heterocycles. The van der Waals surface area contributed by atoms with Crippen LogP contribution in [0.25, 0.3) is 0 Å². The molecule has 0 saturated carbocycles. The van der Waals surface area contributed by atoms with Crippen LogP contribution in [0, 0.1) is 0 Å². The Kier molecular flexibility index (Phi) is 6.12. The van der Waals surface area contributed by atoms with Crippen LogP contribution >= 0.6 is 23.8 Å². The fraction of sp³-hybridized carbons (Fsp3) is 0.188. The van der Waals surface area contributed by atoms with Gasteiger partial charge in [-0.15, -0.1) is 8.78 Å². The molecule has 0 fully saturated rings. The normalized spacial score (nSPS) is 10.9. The Balaban J connectivity index is 1.76. The van der Waals surface area contributed by atoms with E-state index in [4.69, 9.17) is 23.8 Å². The molecule has 0 heterocycles. The van der Waals surface area contributed by atoms with Gasteiger partial charge in [0.1, 0.15) is 5.75 Å². The minimum atomic E-state index is -3.72. The van der Waals surface area contributed by atoms with Crippen LogP contribution in [0.15, 0.2) is 54.6 Å². The molecule has 2 aromatic carbocycles. The molecule has 0 radical (unpaired) electrons. The Hall–Kier alpha value is -1.92. The molecule has 0 unspecified atom stereocenters. The molecule has 0 bridgehead atoms. The highest BCUT2D eigenvalue weighted by Gasteiger charge is 2.27. The van der Waals surface area contributed by atoms with E-state index in [2.05, 4.69) is 15.4 Å². The van der Waals surface area contributed by atoms with Crippen LogP contribution in [-0.4, -0.2) is 17.2 Å². The quantitative estimate of drug-likeness (QED) is 0.594. The molecule has 0 aliphatic rings. The lowest BCUT2D eigenvalue weighted by molar-refractivity contribution is -0.0964. The lowest BCUT2D eigenvalue weighted by Gasteiger charge is -2.13. The van der Waals surface area contributed by atoms with Crippen LogP contribution in [-0.2, 0) is 6.42 Å². The zero-order valence-corrected chi connectivity index (χ0v) is 13.6. The summed E-state index contributed by atoms with van der Waals surface area (Å²) in [5.41, 5.74) is -1.85. The van der Waals surface area contributed by atoms with Crippen molar-refractivity contribution >= 4 is 34.6 Å². The van der Waals surface area contributed by atoms with E-state index in [0.717, 1.165) is 6.42 Å². The second kappa shape index (κ2) is 8.08. The zero-order chi connectivity index (χ0) is 16.7. The molecule has 0 aliphatic carbocycles. The first-order chi connectivity index (χ1) is 10.9. The minimum Gasteiger partial charge on any atom is -0.420 e. The third-order valence-corrected chi connectivity index (χ3v) is 3.21. The predicted octanol–water partition coefficient (Wildman–Crippen LogP) is 4.38. The molecule has 23 heavy (non-hydrogen) atoms. The topological polar surface area (TPSA) is 33.3 Å². The number of benzene rings is 2. The summed E-state index contributed by atoms with van der Waals surface area (Å²) in [5, 5.41) is 6.50. The van der Waals surface area contributed by atoms with E-state index in [1.54, 1.807) is 12.1 Å². The van der Waals surface area contributed by atoms with Gasteiger partial charge in [0.25, 0.3) is 0 Å². The third-order valence-electron chi connectivity index (χ3n) is 2.89. The number of halogens is 3. The SMILES string of the molecule is FC(F)(Cl)Oc1ccc(NC(=S)NCCc2ccccc2)cc1. The van der Waals surface area contributed by atoms with Gasteiger partial charge in [-0.1, -0.05) is 30.3 Å². The van der Waals surface area contributed by atoms with Crippen molar-refractivity contribution in [2.75, 3.05) is 11.9 Å². The van der Waals surface area contributed by atoms with Crippen LogP contribution in [0.1, 0.15) is 5.56 Å². The fourth-order valence-electron chi connectivity index (χ4n) is 1.88. The summed E-state index contributed by atoms with van der Waals surface area (Å²) in [5.74, 6) is -0.0292. The van der Waals surface area contributed by atoms with Crippen LogP contribution in [0.5, 0.6) is 5.75 Å². The Morgan fingerprint density at radius 3 is 2.35 bits per heavy atom. The Morgan fingerprint density at radius 2 is 1.74 bits per heavy atom. The van der Waals surface area contributed by atoms with Gasteiger partial charge in [-0.3, -0.25) is 0 Å². The summed E-state index contributed by atoms with van der Waals surface area (Å²) in [6, 6.07) is 15.9. The van der Waals surface area contributed by atoms with Crippen LogP contribution in [0.3, 0.4) is 0 Å². The molecule has 2 aromatic rings. The lowest BCUT2D eigenvalue weighted by atomic mass is 10.1. The number of rotatable bonds is 6. The molecule has 122 valence electrons. The molecule has 0 atom stereocenters. The summed E-state index contributed by atoms with van der Waals surface area (Å²) in [7, 11) is 0. The Morgan fingerprint density at radius 1 is 1.09 bits per heavy atom. The molecule has 2 rings (SSSR count). The maximum absolute atomic E-state index is 12.5. The minimum absolute atomic E-state index is 0.0292. The first-order valence-corrected chi connectivity index (χ1v) is 7.65. The summed E-state index contributed by atoms with van der Waals surface area (Å²) < 4.78 is 29.2. The van der Waals surface area contributed by atoms with Crippen LogP contribution < -0.4 is 15.4 Å². The van der Waals surface area contributed by atoms with Gasteiger partial charge in [-0.05, 0) is 48.5 Å². The number of thiocarbonyl (C=S) groups is 1. The van der Waals surface area contributed by atoms with Crippen molar-refractivity contribution in [1.29, 1.82) is 0 Å². The van der Waals surface area contributed by atoms with E-state index < -0.39 is 5.57 Å². The average molecular weight is 357 g/mol.